The second kappa shape index (κ2) is 3.48. The van der Waals surface area contributed by atoms with Crippen LogP contribution in [0.1, 0.15) is 25.5 Å². The standard InChI is InChI=1S/C11H17N3/c1-3-8-6-10(8)14-11-5-4-9(12)7(2)13-11/h4-5,8,10H,3,6,12H2,1-2H3,(H,13,14). The molecule has 76 valence electrons. The van der Waals surface area contributed by atoms with E-state index in [1.807, 2.05) is 19.1 Å². The van der Waals surface area contributed by atoms with Crippen molar-refractivity contribution < 1.29 is 0 Å². The molecule has 0 aromatic carbocycles. The second-order valence-corrected chi connectivity index (χ2v) is 4.03. The molecule has 0 amide bonds. The molecule has 1 saturated carbocycles. The number of nitrogens with two attached hydrogens (primary N) is 1. The van der Waals surface area contributed by atoms with E-state index in [9.17, 15) is 0 Å². The van der Waals surface area contributed by atoms with Gasteiger partial charge in [0.1, 0.15) is 5.82 Å². The van der Waals surface area contributed by atoms with Crippen molar-refractivity contribution in [3.8, 4) is 0 Å². The Hall–Kier alpha value is -1.25. The van der Waals surface area contributed by atoms with Gasteiger partial charge in [0.15, 0.2) is 0 Å². The molecule has 0 radical (unpaired) electrons. The lowest BCUT2D eigenvalue weighted by Gasteiger charge is -2.06. The Morgan fingerprint density at radius 1 is 1.57 bits per heavy atom. The van der Waals surface area contributed by atoms with Gasteiger partial charge in [-0.2, -0.15) is 0 Å². The third-order valence-corrected chi connectivity index (χ3v) is 2.91. The Bertz CT molecular complexity index is 335. The Kier molecular flexibility index (Phi) is 2.32. The highest BCUT2D eigenvalue weighted by molar-refractivity contribution is 5.49. The van der Waals surface area contributed by atoms with Crippen LogP contribution in [0.15, 0.2) is 12.1 Å². The number of rotatable bonds is 3. The summed E-state index contributed by atoms with van der Waals surface area (Å²) in [6, 6.07) is 4.50. The molecule has 0 bridgehead atoms. The van der Waals surface area contributed by atoms with Gasteiger partial charge in [-0.05, 0) is 31.4 Å². The van der Waals surface area contributed by atoms with Gasteiger partial charge in [0.25, 0.3) is 0 Å². The molecule has 3 heteroatoms. The van der Waals surface area contributed by atoms with Crippen LogP contribution in [-0.2, 0) is 0 Å². The van der Waals surface area contributed by atoms with Gasteiger partial charge < -0.3 is 11.1 Å². The number of anilines is 2. The SMILES string of the molecule is CCC1CC1Nc1ccc(N)c(C)n1. The van der Waals surface area contributed by atoms with E-state index >= 15 is 0 Å². The number of nitrogen functional groups attached to an aromatic ring is 1. The molecule has 1 aliphatic carbocycles. The summed E-state index contributed by atoms with van der Waals surface area (Å²) < 4.78 is 0. The first kappa shape index (κ1) is 9.31. The molecule has 1 aromatic heterocycles. The summed E-state index contributed by atoms with van der Waals surface area (Å²) >= 11 is 0. The summed E-state index contributed by atoms with van der Waals surface area (Å²) in [5, 5.41) is 3.42. The zero-order valence-corrected chi connectivity index (χ0v) is 8.75. The normalized spacial score (nSPS) is 24.7. The molecule has 0 spiro atoms. The van der Waals surface area contributed by atoms with E-state index < -0.39 is 0 Å². The van der Waals surface area contributed by atoms with Gasteiger partial charge in [-0.1, -0.05) is 13.3 Å². The van der Waals surface area contributed by atoms with Crippen molar-refractivity contribution >= 4 is 11.5 Å². The van der Waals surface area contributed by atoms with Crippen LogP contribution in [0.2, 0.25) is 0 Å². The van der Waals surface area contributed by atoms with Crippen molar-refractivity contribution in [2.75, 3.05) is 11.1 Å². The Morgan fingerprint density at radius 2 is 2.36 bits per heavy atom. The lowest BCUT2D eigenvalue weighted by atomic mass is 10.3. The molecular formula is C11H17N3. The van der Waals surface area contributed by atoms with Crippen molar-refractivity contribution in [2.45, 2.75) is 32.7 Å². The van der Waals surface area contributed by atoms with Gasteiger partial charge in [-0.3, -0.25) is 0 Å². The minimum Gasteiger partial charge on any atom is -0.397 e. The fourth-order valence-electron chi connectivity index (χ4n) is 1.72. The van der Waals surface area contributed by atoms with Crippen LogP contribution in [0.3, 0.4) is 0 Å². The molecule has 3 N–H and O–H groups in total. The van der Waals surface area contributed by atoms with Crippen LogP contribution in [0.25, 0.3) is 0 Å². The monoisotopic (exact) mass is 191 g/mol. The maximum absolute atomic E-state index is 5.70. The highest BCUT2D eigenvalue weighted by atomic mass is 15.1. The smallest absolute Gasteiger partial charge is 0.126 e. The summed E-state index contributed by atoms with van der Waals surface area (Å²) in [5.41, 5.74) is 7.37. The fraction of sp³-hybridized carbons (Fsp3) is 0.545. The molecule has 2 unspecified atom stereocenters. The second-order valence-electron chi connectivity index (χ2n) is 4.03. The lowest BCUT2D eigenvalue weighted by Crippen LogP contribution is -2.07. The molecule has 0 aliphatic heterocycles. The maximum Gasteiger partial charge on any atom is 0.126 e. The molecule has 3 nitrogen and oxygen atoms in total. The number of nitrogens with zero attached hydrogens (tertiary/aromatic N) is 1. The van der Waals surface area contributed by atoms with Crippen LogP contribution < -0.4 is 11.1 Å². The van der Waals surface area contributed by atoms with E-state index in [1.54, 1.807) is 0 Å². The predicted octanol–water partition coefficient (Wildman–Crippen LogP) is 2.18. The first-order valence-corrected chi connectivity index (χ1v) is 5.20. The van der Waals surface area contributed by atoms with Gasteiger partial charge in [0.2, 0.25) is 0 Å². The van der Waals surface area contributed by atoms with Crippen molar-refractivity contribution in [2.24, 2.45) is 5.92 Å². The first-order valence-electron chi connectivity index (χ1n) is 5.20. The van der Waals surface area contributed by atoms with E-state index in [1.165, 1.54) is 12.8 Å². The van der Waals surface area contributed by atoms with Crippen molar-refractivity contribution in [1.82, 2.24) is 4.98 Å². The van der Waals surface area contributed by atoms with Crippen molar-refractivity contribution in [3.05, 3.63) is 17.8 Å². The van der Waals surface area contributed by atoms with Gasteiger partial charge in [-0.15, -0.1) is 0 Å². The predicted molar refractivity (Wildman–Crippen MR) is 59.2 cm³/mol. The molecule has 2 atom stereocenters. The lowest BCUT2D eigenvalue weighted by molar-refractivity contribution is 0.773. The summed E-state index contributed by atoms with van der Waals surface area (Å²) in [4.78, 5) is 4.39. The Balaban J connectivity index is 2.00. The van der Waals surface area contributed by atoms with E-state index in [4.69, 9.17) is 5.73 Å². The zero-order chi connectivity index (χ0) is 10.1. The average Bonchev–Trinajstić information content (AvgIpc) is 2.90. The van der Waals surface area contributed by atoms with E-state index in [0.717, 1.165) is 23.1 Å². The third kappa shape index (κ3) is 1.81. The highest BCUT2D eigenvalue weighted by Gasteiger charge is 2.35. The number of aromatic nitrogens is 1. The minimum atomic E-state index is 0.635. The van der Waals surface area contributed by atoms with Crippen LogP contribution in [0.5, 0.6) is 0 Å². The topological polar surface area (TPSA) is 50.9 Å². The average molecular weight is 191 g/mol. The number of pyridine rings is 1. The third-order valence-electron chi connectivity index (χ3n) is 2.91. The summed E-state index contributed by atoms with van der Waals surface area (Å²) in [7, 11) is 0. The number of hydrogen-bond donors (Lipinski definition) is 2. The quantitative estimate of drug-likeness (QED) is 0.770. The van der Waals surface area contributed by atoms with Crippen molar-refractivity contribution in [3.63, 3.8) is 0 Å². The number of nitrogens with one attached hydrogen (secondary N) is 1. The highest BCUT2D eigenvalue weighted by Crippen LogP contribution is 2.35. The van der Waals surface area contributed by atoms with Crippen LogP contribution >= 0.6 is 0 Å². The first-order chi connectivity index (χ1) is 6.70. The van der Waals surface area contributed by atoms with Crippen LogP contribution in [-0.4, -0.2) is 11.0 Å². The number of hydrogen-bond acceptors (Lipinski definition) is 3. The largest absolute Gasteiger partial charge is 0.397 e. The molecule has 1 aromatic rings. The Labute approximate surface area is 84.7 Å². The summed E-state index contributed by atoms with van der Waals surface area (Å²) in [5.74, 6) is 1.80. The molecule has 1 heterocycles. The van der Waals surface area contributed by atoms with Crippen LogP contribution in [0, 0.1) is 12.8 Å². The van der Waals surface area contributed by atoms with Crippen molar-refractivity contribution in [1.29, 1.82) is 0 Å². The van der Waals surface area contributed by atoms with Gasteiger partial charge in [-0.25, -0.2) is 4.98 Å². The molecule has 14 heavy (non-hydrogen) atoms. The zero-order valence-electron chi connectivity index (χ0n) is 8.75. The molecule has 2 rings (SSSR count). The van der Waals surface area contributed by atoms with E-state index in [2.05, 4.69) is 17.2 Å². The fourth-order valence-corrected chi connectivity index (χ4v) is 1.72. The number of aryl methyl sites for hydroxylation is 1. The van der Waals surface area contributed by atoms with Gasteiger partial charge >= 0.3 is 0 Å². The molecule has 1 aliphatic rings. The summed E-state index contributed by atoms with van der Waals surface area (Å²) in [6.45, 7) is 4.17. The molecular weight excluding hydrogens is 174 g/mol. The molecule has 1 fully saturated rings. The van der Waals surface area contributed by atoms with E-state index in [0.29, 0.717) is 6.04 Å². The minimum absolute atomic E-state index is 0.635. The van der Waals surface area contributed by atoms with E-state index in [-0.39, 0.29) is 0 Å². The Morgan fingerprint density at radius 3 is 2.93 bits per heavy atom. The molecule has 0 saturated heterocycles. The van der Waals surface area contributed by atoms with Gasteiger partial charge in [0, 0.05) is 6.04 Å². The maximum atomic E-state index is 5.70. The summed E-state index contributed by atoms with van der Waals surface area (Å²) in [6.07, 6.45) is 2.53. The van der Waals surface area contributed by atoms with Gasteiger partial charge in [0.05, 0.1) is 11.4 Å². The van der Waals surface area contributed by atoms with Crippen LogP contribution in [0.4, 0.5) is 11.5 Å².